The monoisotopic (exact) mass is 188 g/mol. The van der Waals surface area contributed by atoms with Gasteiger partial charge in [-0.25, -0.2) is 4.98 Å². The van der Waals surface area contributed by atoms with Gasteiger partial charge in [-0.2, -0.15) is 0 Å². The molecule has 0 spiro atoms. The summed E-state index contributed by atoms with van der Waals surface area (Å²) < 4.78 is 2.01. The molecule has 0 bridgehead atoms. The lowest BCUT2D eigenvalue weighted by molar-refractivity contribution is 1.15. The molecule has 0 saturated carbocycles. The number of rotatable bonds is 1. The molecule has 2 rings (SSSR count). The zero-order valence-corrected chi connectivity index (χ0v) is 8.99. The standard InChI is InChI=1S/C10H10N2.C2H6/c1-3-9-6-8(2)7-12-5-4-11-10(9)12;1-2/h3-7H,1H2,2H3;1-2H3. The fourth-order valence-corrected chi connectivity index (χ4v) is 1.36. The van der Waals surface area contributed by atoms with Crippen LogP contribution in [-0.2, 0) is 0 Å². The lowest BCUT2D eigenvalue weighted by Gasteiger charge is -1.99. The maximum atomic E-state index is 4.22. The SMILES string of the molecule is C=Cc1cc(C)cn2ccnc12.CC. The molecule has 0 N–H and O–H groups in total. The second-order valence-electron chi connectivity index (χ2n) is 2.84. The van der Waals surface area contributed by atoms with E-state index in [0.717, 1.165) is 11.2 Å². The molecule has 2 nitrogen and oxygen atoms in total. The summed E-state index contributed by atoms with van der Waals surface area (Å²) in [5.41, 5.74) is 3.27. The highest BCUT2D eigenvalue weighted by molar-refractivity contribution is 5.64. The smallest absolute Gasteiger partial charge is 0.143 e. The number of pyridine rings is 1. The van der Waals surface area contributed by atoms with Crippen molar-refractivity contribution in [1.82, 2.24) is 9.38 Å². The van der Waals surface area contributed by atoms with Crippen LogP contribution in [0.1, 0.15) is 25.0 Å². The number of hydrogen-bond donors (Lipinski definition) is 0. The first-order valence-electron chi connectivity index (χ1n) is 4.87. The number of aryl methyl sites for hydroxylation is 1. The maximum Gasteiger partial charge on any atom is 0.143 e. The molecule has 0 amide bonds. The minimum Gasteiger partial charge on any atom is -0.306 e. The zero-order chi connectivity index (χ0) is 10.6. The Morgan fingerprint density at radius 3 is 2.79 bits per heavy atom. The molecular formula is C12H16N2. The van der Waals surface area contributed by atoms with Gasteiger partial charge in [0.25, 0.3) is 0 Å². The first-order valence-corrected chi connectivity index (χ1v) is 4.87. The van der Waals surface area contributed by atoms with E-state index in [9.17, 15) is 0 Å². The van der Waals surface area contributed by atoms with E-state index in [1.165, 1.54) is 5.56 Å². The highest BCUT2D eigenvalue weighted by atomic mass is 15.0. The van der Waals surface area contributed by atoms with Gasteiger partial charge in [-0.15, -0.1) is 0 Å². The average Bonchev–Trinajstić information content (AvgIpc) is 2.67. The molecule has 0 saturated heterocycles. The van der Waals surface area contributed by atoms with Crippen LogP contribution in [-0.4, -0.2) is 9.38 Å². The third kappa shape index (κ3) is 1.84. The fraction of sp³-hybridized carbons (Fsp3) is 0.250. The lowest BCUT2D eigenvalue weighted by atomic mass is 10.2. The number of fused-ring (bicyclic) bond motifs is 1. The van der Waals surface area contributed by atoms with Gasteiger partial charge in [0, 0.05) is 24.2 Å². The second-order valence-corrected chi connectivity index (χ2v) is 2.84. The molecule has 0 aliphatic carbocycles. The Labute approximate surface area is 84.9 Å². The number of imidazole rings is 1. The minimum absolute atomic E-state index is 0.968. The fourth-order valence-electron chi connectivity index (χ4n) is 1.36. The van der Waals surface area contributed by atoms with Gasteiger partial charge >= 0.3 is 0 Å². The van der Waals surface area contributed by atoms with E-state index in [1.54, 1.807) is 6.20 Å². The van der Waals surface area contributed by atoms with Crippen molar-refractivity contribution in [3.63, 3.8) is 0 Å². The van der Waals surface area contributed by atoms with Crippen molar-refractivity contribution in [2.24, 2.45) is 0 Å². The molecule has 0 atom stereocenters. The summed E-state index contributed by atoms with van der Waals surface area (Å²) in [6.07, 6.45) is 7.61. The third-order valence-electron chi connectivity index (χ3n) is 1.87. The molecule has 0 aromatic carbocycles. The van der Waals surface area contributed by atoms with Crippen LogP contribution in [0.4, 0.5) is 0 Å². The van der Waals surface area contributed by atoms with E-state index in [-0.39, 0.29) is 0 Å². The van der Waals surface area contributed by atoms with Crippen LogP contribution in [0, 0.1) is 6.92 Å². The molecule has 2 aromatic rings. The van der Waals surface area contributed by atoms with E-state index in [1.807, 2.05) is 30.5 Å². The average molecular weight is 188 g/mol. The van der Waals surface area contributed by atoms with Gasteiger partial charge in [-0.05, 0) is 18.6 Å². The highest BCUT2D eigenvalue weighted by Crippen LogP contribution is 2.12. The molecule has 0 radical (unpaired) electrons. The molecule has 0 unspecified atom stereocenters. The van der Waals surface area contributed by atoms with Crippen LogP contribution in [0.5, 0.6) is 0 Å². The molecule has 14 heavy (non-hydrogen) atoms. The van der Waals surface area contributed by atoms with Gasteiger partial charge in [0.2, 0.25) is 0 Å². The van der Waals surface area contributed by atoms with Crippen molar-refractivity contribution in [1.29, 1.82) is 0 Å². The number of nitrogens with zero attached hydrogens (tertiary/aromatic N) is 2. The van der Waals surface area contributed by atoms with Crippen LogP contribution < -0.4 is 0 Å². The number of hydrogen-bond acceptors (Lipinski definition) is 1. The van der Waals surface area contributed by atoms with E-state index in [2.05, 4.69) is 30.7 Å². The summed E-state index contributed by atoms with van der Waals surface area (Å²) in [4.78, 5) is 4.22. The molecule has 2 heteroatoms. The van der Waals surface area contributed by atoms with Crippen molar-refractivity contribution in [2.75, 3.05) is 0 Å². The summed E-state index contributed by atoms with van der Waals surface area (Å²) in [6.45, 7) is 9.81. The van der Waals surface area contributed by atoms with Crippen LogP contribution in [0.25, 0.3) is 11.7 Å². The quantitative estimate of drug-likeness (QED) is 0.671. The predicted octanol–water partition coefficient (Wildman–Crippen LogP) is 3.31. The van der Waals surface area contributed by atoms with Gasteiger partial charge in [0.1, 0.15) is 5.65 Å². The van der Waals surface area contributed by atoms with E-state index >= 15 is 0 Å². The summed E-state index contributed by atoms with van der Waals surface area (Å²) in [6, 6.07) is 2.08. The molecule has 0 aliphatic heterocycles. The zero-order valence-electron chi connectivity index (χ0n) is 8.99. The van der Waals surface area contributed by atoms with E-state index < -0.39 is 0 Å². The molecule has 74 valence electrons. The third-order valence-corrected chi connectivity index (χ3v) is 1.87. The van der Waals surface area contributed by atoms with Crippen LogP contribution in [0.15, 0.2) is 31.2 Å². The van der Waals surface area contributed by atoms with Gasteiger partial charge in [-0.1, -0.05) is 26.5 Å². The Morgan fingerprint density at radius 1 is 1.43 bits per heavy atom. The molecule has 2 heterocycles. The summed E-state index contributed by atoms with van der Waals surface area (Å²) in [7, 11) is 0. The summed E-state index contributed by atoms with van der Waals surface area (Å²) in [5.74, 6) is 0. The first kappa shape index (κ1) is 10.5. The minimum atomic E-state index is 0.968. The van der Waals surface area contributed by atoms with Gasteiger partial charge in [0.05, 0.1) is 0 Å². The largest absolute Gasteiger partial charge is 0.306 e. The molecule has 2 aromatic heterocycles. The van der Waals surface area contributed by atoms with Crippen LogP contribution >= 0.6 is 0 Å². The Kier molecular flexibility index (Phi) is 3.46. The second kappa shape index (κ2) is 4.61. The summed E-state index contributed by atoms with van der Waals surface area (Å²) >= 11 is 0. The first-order chi connectivity index (χ1) is 6.81. The van der Waals surface area contributed by atoms with Crippen molar-refractivity contribution in [3.8, 4) is 0 Å². The van der Waals surface area contributed by atoms with Crippen molar-refractivity contribution >= 4 is 11.7 Å². The van der Waals surface area contributed by atoms with Gasteiger partial charge in [0.15, 0.2) is 0 Å². The topological polar surface area (TPSA) is 17.3 Å². The summed E-state index contributed by atoms with van der Waals surface area (Å²) in [5, 5.41) is 0. The Morgan fingerprint density at radius 2 is 2.14 bits per heavy atom. The Balaban J connectivity index is 0.000000461. The Hall–Kier alpha value is -1.57. The van der Waals surface area contributed by atoms with E-state index in [4.69, 9.17) is 0 Å². The Bertz CT molecular complexity index is 427. The molecular weight excluding hydrogens is 172 g/mol. The van der Waals surface area contributed by atoms with Gasteiger partial charge in [-0.3, -0.25) is 0 Å². The van der Waals surface area contributed by atoms with Crippen LogP contribution in [0.2, 0.25) is 0 Å². The van der Waals surface area contributed by atoms with Crippen molar-refractivity contribution < 1.29 is 0 Å². The lowest BCUT2D eigenvalue weighted by Crippen LogP contribution is -1.88. The van der Waals surface area contributed by atoms with Gasteiger partial charge < -0.3 is 4.40 Å². The molecule has 0 aliphatic rings. The van der Waals surface area contributed by atoms with Crippen molar-refractivity contribution in [2.45, 2.75) is 20.8 Å². The predicted molar refractivity (Wildman–Crippen MR) is 61.4 cm³/mol. The highest BCUT2D eigenvalue weighted by Gasteiger charge is 1.98. The number of aromatic nitrogens is 2. The maximum absolute atomic E-state index is 4.22. The van der Waals surface area contributed by atoms with Crippen LogP contribution in [0.3, 0.4) is 0 Å². The van der Waals surface area contributed by atoms with Crippen molar-refractivity contribution in [3.05, 3.63) is 42.4 Å². The van der Waals surface area contributed by atoms with E-state index in [0.29, 0.717) is 0 Å². The normalized spacial score (nSPS) is 9.36. The molecule has 0 fully saturated rings.